The van der Waals surface area contributed by atoms with Gasteiger partial charge in [0, 0.05) is 35.0 Å². The monoisotopic (exact) mass is 966 g/mol. The highest BCUT2D eigenvalue weighted by Gasteiger charge is 2.19. The van der Waals surface area contributed by atoms with E-state index < -0.39 is 36.4 Å². The fourth-order valence-electron chi connectivity index (χ4n) is 6.92. The molecule has 0 spiro atoms. The number of fused-ring (bicyclic) bond motifs is 8. The Morgan fingerprint density at radius 1 is 0.565 bits per heavy atom. The minimum Gasteiger partial charge on any atom is -0.481 e. The van der Waals surface area contributed by atoms with E-state index in [1.807, 2.05) is 111 Å². The molecule has 4 unspecified atom stereocenters. The average Bonchev–Trinajstić information content (AvgIpc) is 4.12. The number of aliphatic carboxylic acids is 2. The van der Waals surface area contributed by atoms with Crippen molar-refractivity contribution in [2.75, 3.05) is 13.2 Å². The summed E-state index contributed by atoms with van der Waals surface area (Å²) in [4.78, 5) is 39.9. The van der Waals surface area contributed by atoms with Crippen LogP contribution in [-0.2, 0) is 19.1 Å². The molecule has 0 saturated carbocycles. The predicted octanol–water partition coefficient (Wildman–Crippen LogP) is 12.0. The molecule has 0 fully saturated rings. The number of rotatable bonds is 18. The molecule has 4 N–H and O–H groups in total. The smallest absolute Gasteiger partial charge is 0.306 e. The van der Waals surface area contributed by atoms with Crippen LogP contribution < -0.4 is 9.47 Å². The number of halogens is 2. The van der Waals surface area contributed by atoms with Gasteiger partial charge in [0.25, 0.3) is 0 Å². The minimum absolute atomic E-state index is 0.285. The third-order valence-electron chi connectivity index (χ3n) is 10.7. The molecule has 0 radical (unpaired) electrons. The second-order valence-corrected chi connectivity index (χ2v) is 16.7. The zero-order valence-corrected chi connectivity index (χ0v) is 38.0. The molecule has 62 heavy (non-hydrogen) atoms. The van der Waals surface area contributed by atoms with Crippen LogP contribution >= 0.6 is 31.9 Å². The maximum Gasteiger partial charge on any atom is 0.306 e. The molecule has 0 saturated heterocycles. The molecule has 2 aliphatic heterocycles. The van der Waals surface area contributed by atoms with Crippen LogP contribution in [0.2, 0.25) is 0 Å². The number of carbonyl (C=O) groups is 2. The van der Waals surface area contributed by atoms with Gasteiger partial charge in [-0.25, -0.2) is 9.97 Å². The van der Waals surface area contributed by atoms with Crippen LogP contribution in [0.15, 0.2) is 81.7 Å². The number of carboxylic acid groups (broad SMARTS) is 2. The largest absolute Gasteiger partial charge is 0.481 e. The fraction of sp³-hybridized carbons (Fsp3) is 0.292. The van der Waals surface area contributed by atoms with Crippen molar-refractivity contribution in [1.82, 2.24) is 19.9 Å². The number of nitrogens with zero attached hydrogens (tertiary/aromatic N) is 2. The quantitative estimate of drug-likeness (QED) is 0.0607. The third-order valence-corrected chi connectivity index (χ3v) is 12.3. The lowest BCUT2D eigenvalue weighted by Gasteiger charge is -2.19. The maximum absolute atomic E-state index is 11.2. The Kier molecular flexibility index (Phi) is 14.4. The molecule has 2 aliphatic rings. The first kappa shape index (κ1) is 44.5. The van der Waals surface area contributed by atoms with Gasteiger partial charge in [-0.1, -0.05) is 52.0 Å². The number of aromatic amines is 2. The first-order valence-electron chi connectivity index (χ1n) is 20.6. The van der Waals surface area contributed by atoms with Crippen molar-refractivity contribution in [3.05, 3.63) is 105 Å². The topological polar surface area (TPSA) is 169 Å². The summed E-state index contributed by atoms with van der Waals surface area (Å²) in [6, 6.07) is 23.7. The van der Waals surface area contributed by atoms with Crippen LogP contribution in [0.4, 0.5) is 0 Å². The predicted molar refractivity (Wildman–Crippen MR) is 249 cm³/mol. The van der Waals surface area contributed by atoms with Crippen molar-refractivity contribution in [3.8, 4) is 33.8 Å². The number of benzene rings is 2. The van der Waals surface area contributed by atoms with Gasteiger partial charge in [-0.15, -0.1) is 0 Å². The number of aromatic nitrogens is 4. The molecule has 8 bridgehead atoms. The summed E-state index contributed by atoms with van der Waals surface area (Å²) < 4.78 is 25.6. The molecule has 3 aromatic heterocycles. The van der Waals surface area contributed by atoms with Crippen molar-refractivity contribution < 1.29 is 38.7 Å². The highest BCUT2D eigenvalue weighted by Crippen LogP contribution is 2.37. The Bertz CT molecular complexity index is 2470. The van der Waals surface area contributed by atoms with Crippen molar-refractivity contribution in [2.45, 2.75) is 66.0 Å². The van der Waals surface area contributed by atoms with Gasteiger partial charge in [-0.05, 0) is 129 Å². The molecule has 5 aromatic rings. The Morgan fingerprint density at radius 3 is 1.27 bits per heavy atom. The summed E-state index contributed by atoms with van der Waals surface area (Å²) in [6.07, 6.45) is 8.97. The van der Waals surface area contributed by atoms with E-state index in [1.54, 1.807) is 13.8 Å². The van der Waals surface area contributed by atoms with E-state index in [1.165, 1.54) is 0 Å². The van der Waals surface area contributed by atoms with E-state index >= 15 is 0 Å². The summed E-state index contributed by atoms with van der Waals surface area (Å²) >= 11 is 7.72. The van der Waals surface area contributed by atoms with Gasteiger partial charge in [0.2, 0.25) is 0 Å². The van der Waals surface area contributed by atoms with Gasteiger partial charge in [0.05, 0.1) is 67.8 Å². The summed E-state index contributed by atoms with van der Waals surface area (Å²) in [5.41, 5.74) is 10.0. The fourth-order valence-corrected chi connectivity index (χ4v) is 7.82. The van der Waals surface area contributed by atoms with E-state index in [2.05, 4.69) is 41.8 Å². The summed E-state index contributed by atoms with van der Waals surface area (Å²) in [5, 5.41) is 18.4. The summed E-state index contributed by atoms with van der Waals surface area (Å²) in [5.74, 6) is -1.41. The van der Waals surface area contributed by atoms with Crippen LogP contribution in [0.3, 0.4) is 0 Å². The van der Waals surface area contributed by atoms with Crippen LogP contribution in [0, 0.1) is 11.8 Å². The number of carboxylic acids is 2. The van der Waals surface area contributed by atoms with E-state index in [4.69, 9.17) is 28.9 Å². The summed E-state index contributed by atoms with van der Waals surface area (Å²) in [6.45, 7) is 7.82. The van der Waals surface area contributed by atoms with Gasteiger partial charge in [-0.2, -0.15) is 0 Å². The highest BCUT2D eigenvalue weighted by atomic mass is 79.9. The average molecular weight is 969 g/mol. The van der Waals surface area contributed by atoms with Crippen molar-refractivity contribution in [3.63, 3.8) is 0 Å². The number of H-pyrrole nitrogens is 2. The zero-order valence-electron chi connectivity index (χ0n) is 34.8. The lowest BCUT2D eigenvalue weighted by Crippen LogP contribution is -2.22. The van der Waals surface area contributed by atoms with Crippen molar-refractivity contribution in [2.24, 2.45) is 11.8 Å². The van der Waals surface area contributed by atoms with Gasteiger partial charge < -0.3 is 39.1 Å². The molecule has 0 aliphatic carbocycles. The maximum atomic E-state index is 11.2. The SMILES string of the molecule is CCC(OCCC(C)C(=O)O)Oc1ccc(-c2c3nc(c(Br)c4ccc([nH]4)c(-c4ccc(OC(CC)OCCC(C)C(=O)O)cc4)c4nc(c(Br)c5ccc2[nH]5)C=C4)C=C3)cc1. The minimum atomic E-state index is -0.845. The standard InChI is InChI=1S/C48H48Br2N4O8/c1-5-41(59-25-23-27(3)47(55)56)61-31-11-7-29(8-12-31)43-33-15-19-37(51-33)45(49)39-21-17-35(53-39)44(36-18-22-40(54-36)46(50)38-20-16-34(43)52-38)30-9-13-32(14-10-30)62-42(6-2)60-26-24-28(4)48(57)58/h7-22,27-28,41-42,51,54H,5-6,23-26H2,1-4H3,(H,55,56)(H,57,58). The second kappa shape index (κ2) is 20.1. The van der Waals surface area contributed by atoms with Gasteiger partial charge in [0.15, 0.2) is 12.6 Å². The van der Waals surface area contributed by atoms with Gasteiger partial charge in [-0.3, -0.25) is 9.59 Å². The number of ether oxygens (including phenoxy) is 4. The van der Waals surface area contributed by atoms with E-state index in [9.17, 15) is 19.8 Å². The second-order valence-electron chi connectivity index (χ2n) is 15.1. The van der Waals surface area contributed by atoms with Crippen LogP contribution in [0.1, 0.15) is 76.2 Å². The normalized spacial score (nSPS) is 14.0. The third kappa shape index (κ3) is 10.4. The number of hydrogen-bond acceptors (Lipinski definition) is 8. The molecule has 7 rings (SSSR count). The molecule has 12 nitrogen and oxygen atoms in total. The number of hydrogen-bond donors (Lipinski definition) is 4. The Hall–Kier alpha value is -5.54. The molecule has 5 heterocycles. The van der Waals surface area contributed by atoms with Crippen molar-refractivity contribution >= 4 is 90.2 Å². The number of nitrogens with one attached hydrogen (secondary N) is 2. The van der Waals surface area contributed by atoms with Crippen LogP contribution in [0.5, 0.6) is 11.5 Å². The zero-order chi connectivity index (χ0) is 43.9. The first-order valence-corrected chi connectivity index (χ1v) is 22.2. The van der Waals surface area contributed by atoms with E-state index in [0.29, 0.717) is 37.2 Å². The molecular formula is C48H48Br2N4O8. The molecular weight excluding hydrogens is 920 g/mol. The lowest BCUT2D eigenvalue weighted by molar-refractivity contribution is -0.143. The lowest BCUT2D eigenvalue weighted by atomic mass is 10.0. The van der Waals surface area contributed by atoms with E-state index in [-0.39, 0.29) is 13.2 Å². The van der Waals surface area contributed by atoms with E-state index in [0.717, 1.165) is 76.0 Å². The van der Waals surface area contributed by atoms with Crippen molar-refractivity contribution in [1.29, 1.82) is 0 Å². The first-order chi connectivity index (χ1) is 29.9. The molecule has 4 atom stereocenters. The van der Waals surface area contributed by atoms with Gasteiger partial charge in [0.1, 0.15) is 11.5 Å². The molecule has 14 heteroatoms. The van der Waals surface area contributed by atoms with Crippen LogP contribution in [0.25, 0.3) is 68.6 Å². The Balaban J connectivity index is 1.24. The van der Waals surface area contributed by atoms with Crippen LogP contribution in [-0.4, -0.2) is 67.9 Å². The highest BCUT2D eigenvalue weighted by molar-refractivity contribution is 9.11. The van der Waals surface area contributed by atoms with Gasteiger partial charge >= 0.3 is 11.9 Å². The molecule has 0 amide bonds. The Labute approximate surface area is 376 Å². The Morgan fingerprint density at radius 2 is 0.919 bits per heavy atom. The summed E-state index contributed by atoms with van der Waals surface area (Å²) in [7, 11) is 0. The molecule has 2 aromatic carbocycles. The molecule has 322 valence electrons.